The number of ether oxygens (including phenoxy) is 3. The van der Waals surface area contributed by atoms with Gasteiger partial charge in [-0.05, 0) is 63.6 Å². The van der Waals surface area contributed by atoms with Gasteiger partial charge in [0.1, 0.15) is 23.8 Å². The van der Waals surface area contributed by atoms with Crippen molar-refractivity contribution in [3.05, 3.63) is 65.2 Å². The second-order valence-electron chi connectivity index (χ2n) is 8.68. The van der Waals surface area contributed by atoms with Gasteiger partial charge in [-0.15, -0.1) is 0 Å². The van der Waals surface area contributed by atoms with Gasteiger partial charge in [0.2, 0.25) is 0 Å². The molecule has 1 aromatic carbocycles. The fourth-order valence-corrected chi connectivity index (χ4v) is 3.23. The Morgan fingerprint density at radius 3 is 2.43 bits per heavy atom. The first-order valence-electron chi connectivity index (χ1n) is 11.5. The van der Waals surface area contributed by atoms with Crippen LogP contribution in [0, 0.1) is 6.92 Å². The molecule has 0 aliphatic rings. The van der Waals surface area contributed by atoms with E-state index in [9.17, 15) is 23.1 Å². The second-order valence-corrected chi connectivity index (χ2v) is 8.68. The van der Waals surface area contributed by atoms with Gasteiger partial charge in [0.15, 0.2) is 11.4 Å². The fraction of sp³-hybridized carbons (Fsp3) is 0.385. The van der Waals surface area contributed by atoms with E-state index in [0.29, 0.717) is 53.5 Å². The van der Waals surface area contributed by atoms with Crippen LogP contribution in [0.2, 0.25) is 0 Å². The number of aryl methyl sites for hydroxylation is 1. The number of carbonyl (C=O) groups is 1. The van der Waals surface area contributed by atoms with E-state index in [1.165, 1.54) is 19.9 Å². The van der Waals surface area contributed by atoms with Gasteiger partial charge in [0.25, 0.3) is 0 Å². The molecule has 2 heterocycles. The highest BCUT2D eigenvalue weighted by molar-refractivity contribution is 5.76. The molecule has 1 N–H and O–H groups in total. The molecule has 198 valence electrons. The van der Waals surface area contributed by atoms with Crippen molar-refractivity contribution in [2.24, 2.45) is 0 Å². The smallest absolute Gasteiger partial charge is 0.433 e. The summed E-state index contributed by atoms with van der Waals surface area (Å²) < 4.78 is 55.5. The molecule has 0 aliphatic heterocycles. The van der Waals surface area contributed by atoms with Crippen molar-refractivity contribution in [2.75, 3.05) is 13.2 Å². The minimum Gasteiger partial charge on any atom is -0.489 e. The molecular weight excluding hydrogens is 491 g/mol. The SMILES string of the molecule is CCOCCc1nc(-c2ccc(C(F)(F)F)nc2)ncc1COc1ccc(OC(C)(C)C(=O)O)c(C)c1. The normalized spacial score (nSPS) is 11.9. The van der Waals surface area contributed by atoms with Crippen molar-refractivity contribution in [3.8, 4) is 22.9 Å². The van der Waals surface area contributed by atoms with Gasteiger partial charge >= 0.3 is 12.1 Å². The van der Waals surface area contributed by atoms with E-state index in [1.807, 2.05) is 6.92 Å². The van der Waals surface area contributed by atoms with Gasteiger partial charge in [-0.3, -0.25) is 4.98 Å². The molecule has 0 aliphatic carbocycles. The van der Waals surface area contributed by atoms with E-state index in [1.54, 1.807) is 31.3 Å². The lowest BCUT2D eigenvalue weighted by Crippen LogP contribution is -2.38. The zero-order chi connectivity index (χ0) is 27.2. The predicted molar refractivity (Wildman–Crippen MR) is 128 cm³/mol. The van der Waals surface area contributed by atoms with Gasteiger partial charge in [-0.25, -0.2) is 14.8 Å². The molecule has 2 aromatic heterocycles. The summed E-state index contributed by atoms with van der Waals surface area (Å²) in [4.78, 5) is 23.7. The summed E-state index contributed by atoms with van der Waals surface area (Å²) in [6.07, 6.45) is -1.41. The lowest BCUT2D eigenvalue weighted by Gasteiger charge is -2.23. The molecule has 11 heteroatoms. The molecule has 0 fully saturated rings. The van der Waals surface area contributed by atoms with Crippen molar-refractivity contribution in [1.82, 2.24) is 15.0 Å². The van der Waals surface area contributed by atoms with Crippen molar-refractivity contribution >= 4 is 5.97 Å². The maximum Gasteiger partial charge on any atom is 0.433 e. The quantitative estimate of drug-likeness (QED) is 0.342. The van der Waals surface area contributed by atoms with Crippen molar-refractivity contribution < 1.29 is 37.3 Å². The minimum atomic E-state index is -4.53. The van der Waals surface area contributed by atoms with Crippen LogP contribution in [0.15, 0.2) is 42.7 Å². The number of pyridine rings is 1. The summed E-state index contributed by atoms with van der Waals surface area (Å²) in [7, 11) is 0. The molecule has 0 radical (unpaired) electrons. The summed E-state index contributed by atoms with van der Waals surface area (Å²) in [5.41, 5.74) is 0.00520. The summed E-state index contributed by atoms with van der Waals surface area (Å²) in [6, 6.07) is 7.22. The number of aromatic nitrogens is 3. The monoisotopic (exact) mass is 519 g/mol. The van der Waals surface area contributed by atoms with Crippen molar-refractivity contribution in [2.45, 2.75) is 52.5 Å². The van der Waals surface area contributed by atoms with E-state index >= 15 is 0 Å². The maximum atomic E-state index is 12.8. The molecule has 8 nitrogen and oxygen atoms in total. The Morgan fingerprint density at radius 2 is 1.84 bits per heavy atom. The van der Waals surface area contributed by atoms with Crippen LogP contribution in [0.1, 0.15) is 43.3 Å². The average molecular weight is 520 g/mol. The van der Waals surface area contributed by atoms with E-state index in [-0.39, 0.29) is 12.4 Å². The van der Waals surface area contributed by atoms with Gasteiger partial charge in [-0.1, -0.05) is 0 Å². The number of alkyl halides is 3. The average Bonchev–Trinajstić information content (AvgIpc) is 2.84. The molecule has 3 rings (SSSR count). The summed E-state index contributed by atoms with van der Waals surface area (Å²) in [6.45, 7) is 7.64. The Balaban J connectivity index is 1.78. The zero-order valence-electron chi connectivity index (χ0n) is 20.9. The molecule has 0 spiro atoms. The van der Waals surface area contributed by atoms with Crippen LogP contribution < -0.4 is 9.47 Å². The predicted octanol–water partition coefficient (Wildman–Crippen LogP) is 5.27. The molecule has 0 bridgehead atoms. The number of halogens is 3. The third-order valence-electron chi connectivity index (χ3n) is 5.37. The van der Waals surface area contributed by atoms with Crippen molar-refractivity contribution in [1.29, 1.82) is 0 Å². The van der Waals surface area contributed by atoms with E-state index in [4.69, 9.17) is 14.2 Å². The van der Waals surface area contributed by atoms with Gasteiger partial charge in [0.05, 0.1) is 12.3 Å². The Bertz CT molecular complexity index is 1230. The third kappa shape index (κ3) is 7.39. The zero-order valence-corrected chi connectivity index (χ0v) is 20.9. The number of carboxylic acid groups (broad SMARTS) is 1. The standard InChI is InChI=1S/C26H28F3N3O5/c1-5-35-11-10-20-18(14-31-23(32-20)17-6-9-22(30-13-17)26(27,28)29)15-36-19-7-8-21(16(2)12-19)37-25(3,4)24(33)34/h6-9,12-14H,5,10-11,15H2,1-4H3,(H,33,34). The first-order chi connectivity index (χ1) is 17.4. The van der Waals surface area contributed by atoms with Crippen LogP contribution in [0.4, 0.5) is 13.2 Å². The molecule has 37 heavy (non-hydrogen) atoms. The molecule has 0 atom stereocenters. The Hall–Kier alpha value is -3.73. The number of rotatable bonds is 11. The first kappa shape index (κ1) is 27.9. The van der Waals surface area contributed by atoms with Crippen molar-refractivity contribution in [3.63, 3.8) is 0 Å². The molecule has 0 unspecified atom stereocenters. The summed E-state index contributed by atoms with van der Waals surface area (Å²) in [5.74, 6) is 0.122. The van der Waals surface area contributed by atoms with Crippen LogP contribution >= 0.6 is 0 Å². The van der Waals surface area contributed by atoms with Crippen LogP contribution in [-0.4, -0.2) is 44.8 Å². The molecule has 0 saturated carbocycles. The lowest BCUT2D eigenvalue weighted by atomic mass is 10.1. The molecule has 0 amide bonds. The Labute approximate surface area is 212 Å². The first-order valence-corrected chi connectivity index (χ1v) is 11.5. The number of hydrogen-bond acceptors (Lipinski definition) is 7. The molecular formula is C26H28F3N3O5. The van der Waals surface area contributed by atoms with Crippen LogP contribution in [0.5, 0.6) is 11.5 Å². The van der Waals surface area contributed by atoms with Gasteiger partial charge in [-0.2, -0.15) is 13.2 Å². The highest BCUT2D eigenvalue weighted by Gasteiger charge is 2.32. The van der Waals surface area contributed by atoms with Gasteiger partial charge < -0.3 is 19.3 Å². The minimum absolute atomic E-state index is 0.132. The lowest BCUT2D eigenvalue weighted by molar-refractivity contribution is -0.152. The Morgan fingerprint density at radius 1 is 1.08 bits per heavy atom. The molecule has 0 saturated heterocycles. The maximum absolute atomic E-state index is 12.8. The van der Waals surface area contributed by atoms with E-state index < -0.39 is 23.4 Å². The van der Waals surface area contributed by atoms with E-state index in [0.717, 1.165) is 12.3 Å². The largest absolute Gasteiger partial charge is 0.489 e. The number of carboxylic acids is 1. The number of hydrogen-bond donors (Lipinski definition) is 1. The number of aliphatic carboxylic acids is 1. The Kier molecular flexibility index (Phi) is 8.69. The highest BCUT2D eigenvalue weighted by Crippen LogP contribution is 2.29. The summed E-state index contributed by atoms with van der Waals surface area (Å²) in [5, 5.41) is 9.28. The highest BCUT2D eigenvalue weighted by atomic mass is 19.4. The number of benzene rings is 1. The molecule has 3 aromatic rings. The van der Waals surface area contributed by atoms with Crippen LogP contribution in [0.3, 0.4) is 0 Å². The van der Waals surface area contributed by atoms with Crippen LogP contribution in [-0.2, 0) is 28.7 Å². The number of nitrogens with zero attached hydrogens (tertiary/aromatic N) is 3. The van der Waals surface area contributed by atoms with Crippen LogP contribution in [0.25, 0.3) is 11.4 Å². The third-order valence-corrected chi connectivity index (χ3v) is 5.37. The fourth-order valence-electron chi connectivity index (χ4n) is 3.23. The second kappa shape index (κ2) is 11.5. The topological polar surface area (TPSA) is 104 Å². The summed E-state index contributed by atoms with van der Waals surface area (Å²) >= 11 is 0. The van der Waals surface area contributed by atoms with E-state index in [2.05, 4.69) is 15.0 Å². The van der Waals surface area contributed by atoms with Gasteiger partial charge in [0, 0.05) is 36.5 Å².